The molecule has 8 heteroatoms. The minimum Gasteiger partial charge on any atom is -0.459 e. The summed E-state index contributed by atoms with van der Waals surface area (Å²) in [5.41, 5.74) is 4.70. The van der Waals surface area contributed by atoms with Gasteiger partial charge in [0.05, 0.1) is 6.26 Å². The molecule has 0 aliphatic heterocycles. The smallest absolute Gasteiger partial charge is 0.305 e. The lowest BCUT2D eigenvalue weighted by atomic mass is 10.4. The third-order valence-electron chi connectivity index (χ3n) is 2.21. The van der Waals surface area contributed by atoms with Crippen LogP contribution in [0.4, 0.5) is 0 Å². The van der Waals surface area contributed by atoms with Crippen LogP contribution in [0.25, 0.3) is 6.08 Å². The lowest BCUT2D eigenvalue weighted by molar-refractivity contribution is -0.115. The number of amides is 2. The second-order valence-corrected chi connectivity index (χ2v) is 5.11. The fraction of sp³-hybridized carbons (Fsp3) is 0. The number of carbonyl (C=O) groups is 2. The zero-order valence-corrected chi connectivity index (χ0v) is 12.3. The number of rotatable bonds is 3. The Bertz CT molecular complexity index is 648. The number of carbonyl (C=O) groups excluding carboxylic acids is 2. The van der Waals surface area contributed by atoms with Crippen molar-refractivity contribution in [2.24, 2.45) is 0 Å². The zero-order chi connectivity index (χ0) is 15.1. The van der Waals surface area contributed by atoms with Gasteiger partial charge in [-0.2, -0.15) is 0 Å². The van der Waals surface area contributed by atoms with Gasteiger partial charge in [-0.05, 0) is 41.9 Å². The number of hydrogen-bond acceptors (Lipinski definition) is 5. The molecule has 0 radical (unpaired) electrons. The molecule has 0 saturated carbocycles. The summed E-state index contributed by atoms with van der Waals surface area (Å²) in [5.74, 6) is -0.756. The minimum absolute atomic E-state index is 0.0178. The van der Waals surface area contributed by atoms with E-state index in [0.717, 1.165) is 4.88 Å². The van der Waals surface area contributed by atoms with Gasteiger partial charge < -0.3 is 4.42 Å². The molecule has 0 atom stereocenters. The van der Waals surface area contributed by atoms with Gasteiger partial charge >= 0.3 is 5.91 Å². The van der Waals surface area contributed by atoms with Gasteiger partial charge in [0, 0.05) is 11.0 Å². The van der Waals surface area contributed by atoms with Crippen LogP contribution in [0.15, 0.2) is 46.4 Å². The standard InChI is InChI=1S/C13H11N3O3S2/c17-11(6-5-9-3-2-8-21-9)14-13(20)16-15-12(18)10-4-1-7-19-10/h1-8H,(H,15,18)(H2,14,16,17,20)/b6-5+. The fourth-order valence-corrected chi connectivity index (χ4v) is 2.08. The molecule has 0 unspecified atom stereocenters. The third-order valence-corrected chi connectivity index (χ3v) is 3.26. The molecule has 0 spiro atoms. The van der Waals surface area contributed by atoms with E-state index < -0.39 is 11.8 Å². The Morgan fingerprint density at radius 3 is 2.76 bits per heavy atom. The quantitative estimate of drug-likeness (QED) is 0.455. The molecule has 6 nitrogen and oxygen atoms in total. The number of hydrazine groups is 1. The van der Waals surface area contributed by atoms with Gasteiger partial charge in [0.25, 0.3) is 0 Å². The number of thiophene rings is 1. The summed E-state index contributed by atoms with van der Waals surface area (Å²) >= 11 is 6.39. The molecular formula is C13H11N3O3S2. The Hall–Kier alpha value is -2.45. The van der Waals surface area contributed by atoms with Gasteiger partial charge in [-0.25, -0.2) is 0 Å². The van der Waals surface area contributed by atoms with E-state index in [0.29, 0.717) is 0 Å². The first kappa shape index (κ1) is 14.9. The van der Waals surface area contributed by atoms with Crippen LogP contribution >= 0.6 is 23.6 Å². The third kappa shape index (κ3) is 4.86. The summed E-state index contributed by atoms with van der Waals surface area (Å²) in [5, 5.41) is 4.29. The monoisotopic (exact) mass is 321 g/mol. The molecule has 21 heavy (non-hydrogen) atoms. The van der Waals surface area contributed by atoms with Crippen LogP contribution in [0.1, 0.15) is 15.4 Å². The van der Waals surface area contributed by atoms with Crippen molar-refractivity contribution in [2.45, 2.75) is 0 Å². The molecule has 108 valence electrons. The number of thiocarbonyl (C=S) groups is 1. The highest BCUT2D eigenvalue weighted by atomic mass is 32.1. The Kier molecular flexibility index (Phi) is 5.24. The van der Waals surface area contributed by atoms with Crippen molar-refractivity contribution < 1.29 is 14.0 Å². The number of hydrogen-bond donors (Lipinski definition) is 3. The van der Waals surface area contributed by atoms with E-state index in [1.807, 2.05) is 17.5 Å². The van der Waals surface area contributed by atoms with Crippen LogP contribution in [0.2, 0.25) is 0 Å². The normalized spacial score (nSPS) is 10.3. The maximum atomic E-state index is 11.6. The summed E-state index contributed by atoms with van der Waals surface area (Å²) in [4.78, 5) is 24.0. The van der Waals surface area contributed by atoms with Crippen LogP contribution in [0, 0.1) is 0 Å². The topological polar surface area (TPSA) is 83.4 Å². The van der Waals surface area contributed by atoms with Crippen molar-refractivity contribution in [3.63, 3.8) is 0 Å². The average Bonchev–Trinajstić information content (AvgIpc) is 3.15. The molecule has 3 N–H and O–H groups in total. The highest BCUT2D eigenvalue weighted by Gasteiger charge is 2.08. The van der Waals surface area contributed by atoms with Crippen molar-refractivity contribution in [3.8, 4) is 0 Å². The minimum atomic E-state index is -0.495. The first-order chi connectivity index (χ1) is 10.1. The molecule has 2 heterocycles. The van der Waals surface area contributed by atoms with Crippen molar-refractivity contribution in [1.29, 1.82) is 0 Å². The molecule has 2 amide bonds. The van der Waals surface area contributed by atoms with Gasteiger partial charge in [-0.1, -0.05) is 6.07 Å². The number of furan rings is 1. The van der Waals surface area contributed by atoms with Crippen molar-refractivity contribution in [2.75, 3.05) is 0 Å². The van der Waals surface area contributed by atoms with E-state index in [1.54, 1.807) is 12.1 Å². The predicted molar refractivity (Wildman–Crippen MR) is 83.4 cm³/mol. The molecule has 2 aromatic heterocycles. The highest BCUT2D eigenvalue weighted by molar-refractivity contribution is 7.80. The van der Waals surface area contributed by atoms with E-state index in [-0.39, 0.29) is 10.9 Å². The van der Waals surface area contributed by atoms with Crippen LogP contribution in [-0.4, -0.2) is 16.9 Å². The summed E-state index contributed by atoms with van der Waals surface area (Å²) < 4.78 is 4.90. The summed E-state index contributed by atoms with van der Waals surface area (Å²) in [6.07, 6.45) is 4.41. The van der Waals surface area contributed by atoms with E-state index in [1.165, 1.54) is 29.7 Å². The van der Waals surface area contributed by atoms with Crippen LogP contribution < -0.4 is 16.2 Å². The van der Waals surface area contributed by atoms with Gasteiger partial charge in [0.1, 0.15) is 0 Å². The molecule has 0 aliphatic carbocycles. The zero-order valence-electron chi connectivity index (χ0n) is 10.7. The van der Waals surface area contributed by atoms with Crippen molar-refractivity contribution in [1.82, 2.24) is 16.2 Å². The summed E-state index contributed by atoms with van der Waals surface area (Å²) in [6.45, 7) is 0. The summed E-state index contributed by atoms with van der Waals surface area (Å²) in [7, 11) is 0. The van der Waals surface area contributed by atoms with Crippen LogP contribution in [0.5, 0.6) is 0 Å². The second kappa shape index (κ2) is 7.36. The Labute approximate surface area is 129 Å². The average molecular weight is 321 g/mol. The largest absolute Gasteiger partial charge is 0.459 e. The molecule has 0 fully saturated rings. The van der Waals surface area contributed by atoms with Gasteiger partial charge in [0.15, 0.2) is 10.9 Å². The highest BCUT2D eigenvalue weighted by Crippen LogP contribution is 2.09. The Balaban J connectivity index is 1.74. The van der Waals surface area contributed by atoms with Crippen molar-refractivity contribution >= 4 is 46.6 Å². The molecular weight excluding hydrogens is 310 g/mol. The maximum absolute atomic E-state index is 11.6. The van der Waals surface area contributed by atoms with E-state index in [4.69, 9.17) is 16.6 Å². The molecule has 2 rings (SSSR count). The SMILES string of the molecule is O=C(/C=C/c1cccs1)NC(=S)NNC(=O)c1ccco1. The Morgan fingerprint density at radius 1 is 1.24 bits per heavy atom. The molecule has 0 aliphatic rings. The van der Waals surface area contributed by atoms with Crippen LogP contribution in [0.3, 0.4) is 0 Å². The van der Waals surface area contributed by atoms with E-state index >= 15 is 0 Å². The number of nitrogens with one attached hydrogen (secondary N) is 3. The lowest BCUT2D eigenvalue weighted by Gasteiger charge is -2.08. The maximum Gasteiger partial charge on any atom is 0.305 e. The first-order valence-electron chi connectivity index (χ1n) is 5.81. The molecule has 0 aromatic carbocycles. The van der Waals surface area contributed by atoms with E-state index in [9.17, 15) is 9.59 Å². The van der Waals surface area contributed by atoms with Crippen molar-refractivity contribution in [3.05, 3.63) is 52.6 Å². The molecule has 2 aromatic rings. The molecule has 0 bridgehead atoms. The van der Waals surface area contributed by atoms with Crippen LogP contribution in [-0.2, 0) is 4.79 Å². The first-order valence-corrected chi connectivity index (χ1v) is 7.10. The van der Waals surface area contributed by atoms with Gasteiger partial charge in [-0.15, -0.1) is 11.3 Å². The predicted octanol–water partition coefficient (Wildman–Crippen LogP) is 1.69. The summed E-state index contributed by atoms with van der Waals surface area (Å²) in [6, 6.07) is 6.86. The Morgan fingerprint density at radius 2 is 2.10 bits per heavy atom. The lowest BCUT2D eigenvalue weighted by Crippen LogP contribution is -2.48. The fourth-order valence-electron chi connectivity index (χ4n) is 1.31. The van der Waals surface area contributed by atoms with Gasteiger partial charge in [-0.3, -0.25) is 25.8 Å². The van der Waals surface area contributed by atoms with E-state index in [2.05, 4.69) is 16.2 Å². The van der Waals surface area contributed by atoms with Gasteiger partial charge in [0.2, 0.25) is 5.91 Å². The molecule has 0 saturated heterocycles. The second-order valence-electron chi connectivity index (χ2n) is 3.72.